The van der Waals surface area contributed by atoms with Gasteiger partial charge >= 0.3 is 0 Å². The maximum Gasteiger partial charge on any atom is 0.0119 e. The topological polar surface area (TPSA) is 12.0 Å². The number of rotatable bonds is 0. The van der Waals surface area contributed by atoms with Gasteiger partial charge in [0.05, 0.1) is 0 Å². The molecule has 78 valence electrons. The van der Waals surface area contributed by atoms with Crippen LogP contribution in [-0.4, -0.2) is 12.1 Å². The van der Waals surface area contributed by atoms with Gasteiger partial charge < -0.3 is 5.32 Å². The molecule has 2 atom stereocenters. The van der Waals surface area contributed by atoms with Crippen molar-refractivity contribution in [3.63, 3.8) is 0 Å². The maximum absolute atomic E-state index is 3.77. The molecule has 0 aromatic rings. The van der Waals surface area contributed by atoms with E-state index in [1.165, 1.54) is 12.8 Å². The van der Waals surface area contributed by atoms with Crippen molar-refractivity contribution in [1.29, 1.82) is 0 Å². The van der Waals surface area contributed by atoms with Gasteiger partial charge in [-0.2, -0.15) is 0 Å². The second-order valence-electron chi connectivity index (χ2n) is 6.58. The molecule has 1 heterocycles. The average Bonchev–Trinajstić information content (AvgIpc) is 2.28. The molecule has 0 bridgehead atoms. The van der Waals surface area contributed by atoms with Gasteiger partial charge in [-0.1, -0.05) is 41.5 Å². The van der Waals surface area contributed by atoms with Crippen LogP contribution in [0.3, 0.4) is 0 Å². The minimum Gasteiger partial charge on any atom is -0.310 e. The van der Waals surface area contributed by atoms with Crippen LogP contribution in [0.15, 0.2) is 0 Å². The van der Waals surface area contributed by atoms with Crippen molar-refractivity contribution in [1.82, 2.24) is 5.32 Å². The van der Waals surface area contributed by atoms with Crippen molar-refractivity contribution >= 4 is 0 Å². The zero-order chi connectivity index (χ0) is 10.3. The van der Waals surface area contributed by atoms with Crippen molar-refractivity contribution in [2.75, 3.05) is 0 Å². The molecular formula is C12H25N. The van der Waals surface area contributed by atoms with Gasteiger partial charge in [0.25, 0.3) is 0 Å². The van der Waals surface area contributed by atoms with Crippen LogP contribution in [0.1, 0.15) is 54.4 Å². The lowest BCUT2D eigenvalue weighted by atomic mass is 9.85. The van der Waals surface area contributed by atoms with E-state index in [2.05, 4.69) is 46.9 Å². The maximum atomic E-state index is 3.77. The molecule has 13 heavy (non-hydrogen) atoms. The summed E-state index contributed by atoms with van der Waals surface area (Å²) in [5, 5.41) is 3.77. The number of nitrogens with one attached hydrogen (secondary N) is 1. The first kappa shape index (κ1) is 11.0. The lowest BCUT2D eigenvalue weighted by Gasteiger charge is -2.32. The predicted octanol–water partition coefficient (Wildman–Crippen LogP) is 3.20. The molecular weight excluding hydrogens is 158 g/mol. The van der Waals surface area contributed by atoms with E-state index in [1.54, 1.807) is 0 Å². The van der Waals surface area contributed by atoms with E-state index >= 15 is 0 Å². The predicted molar refractivity (Wildman–Crippen MR) is 58.9 cm³/mol. The van der Waals surface area contributed by atoms with Crippen LogP contribution in [0.5, 0.6) is 0 Å². The molecule has 1 heteroatoms. The minimum atomic E-state index is 0.417. The van der Waals surface area contributed by atoms with Crippen LogP contribution >= 0.6 is 0 Å². The molecule has 0 saturated carbocycles. The third-order valence-corrected chi connectivity index (χ3v) is 3.24. The van der Waals surface area contributed by atoms with E-state index in [-0.39, 0.29) is 0 Å². The summed E-state index contributed by atoms with van der Waals surface area (Å²) in [6.45, 7) is 14.0. The third-order valence-electron chi connectivity index (χ3n) is 3.24. The smallest absolute Gasteiger partial charge is 0.0119 e. The van der Waals surface area contributed by atoms with Crippen molar-refractivity contribution in [3.8, 4) is 0 Å². The Morgan fingerprint density at radius 2 is 1.08 bits per heavy atom. The number of hydrogen-bond donors (Lipinski definition) is 1. The Balaban J connectivity index is 2.55. The van der Waals surface area contributed by atoms with E-state index in [9.17, 15) is 0 Å². The van der Waals surface area contributed by atoms with Gasteiger partial charge in [0.1, 0.15) is 0 Å². The third kappa shape index (κ3) is 2.70. The molecule has 0 aromatic carbocycles. The fourth-order valence-corrected chi connectivity index (χ4v) is 2.11. The van der Waals surface area contributed by atoms with Crippen LogP contribution in [0.2, 0.25) is 0 Å². The second-order valence-corrected chi connectivity index (χ2v) is 6.58. The van der Waals surface area contributed by atoms with E-state index in [0.717, 1.165) is 0 Å². The van der Waals surface area contributed by atoms with Crippen LogP contribution in [0.25, 0.3) is 0 Å². The highest BCUT2D eigenvalue weighted by atomic mass is 15.0. The molecule has 1 aliphatic heterocycles. The van der Waals surface area contributed by atoms with Gasteiger partial charge in [0.2, 0.25) is 0 Å². The highest BCUT2D eigenvalue weighted by Gasteiger charge is 2.37. The zero-order valence-corrected chi connectivity index (χ0v) is 10.1. The summed E-state index contributed by atoms with van der Waals surface area (Å²) in [6.07, 6.45) is 2.68. The first-order valence-electron chi connectivity index (χ1n) is 5.47. The largest absolute Gasteiger partial charge is 0.310 e. The summed E-state index contributed by atoms with van der Waals surface area (Å²) < 4.78 is 0. The Hall–Kier alpha value is -0.0400. The van der Waals surface area contributed by atoms with Crippen molar-refractivity contribution in [2.24, 2.45) is 10.8 Å². The molecule has 1 rings (SSSR count). The Labute approximate surface area is 83.3 Å². The molecule has 0 radical (unpaired) electrons. The van der Waals surface area contributed by atoms with Crippen molar-refractivity contribution in [2.45, 2.75) is 66.5 Å². The first-order chi connectivity index (χ1) is 5.71. The van der Waals surface area contributed by atoms with Crippen LogP contribution in [0, 0.1) is 10.8 Å². The summed E-state index contributed by atoms with van der Waals surface area (Å²) in [6, 6.07) is 1.41. The number of hydrogen-bond acceptors (Lipinski definition) is 1. The van der Waals surface area contributed by atoms with Crippen molar-refractivity contribution < 1.29 is 0 Å². The lowest BCUT2D eigenvalue weighted by molar-refractivity contribution is 0.241. The average molecular weight is 183 g/mol. The van der Waals surface area contributed by atoms with Gasteiger partial charge in [-0.15, -0.1) is 0 Å². The van der Waals surface area contributed by atoms with Gasteiger partial charge in [-0.25, -0.2) is 0 Å². The Bertz CT molecular complexity index is 151. The van der Waals surface area contributed by atoms with E-state index in [0.29, 0.717) is 22.9 Å². The summed E-state index contributed by atoms with van der Waals surface area (Å²) in [5.74, 6) is 0. The fraction of sp³-hybridized carbons (Fsp3) is 1.00. The quantitative estimate of drug-likeness (QED) is 0.608. The van der Waals surface area contributed by atoms with E-state index < -0.39 is 0 Å². The molecule has 0 spiro atoms. The summed E-state index contributed by atoms with van der Waals surface area (Å²) >= 11 is 0. The van der Waals surface area contributed by atoms with Gasteiger partial charge in [0, 0.05) is 12.1 Å². The van der Waals surface area contributed by atoms with Gasteiger partial charge in [0.15, 0.2) is 0 Å². The van der Waals surface area contributed by atoms with Gasteiger partial charge in [-0.3, -0.25) is 0 Å². The zero-order valence-electron chi connectivity index (χ0n) is 10.1. The SMILES string of the molecule is CC(C)(C)C1CCC(C(C)(C)C)N1. The normalized spacial score (nSPS) is 30.9. The summed E-state index contributed by atoms with van der Waals surface area (Å²) in [5.41, 5.74) is 0.833. The fourth-order valence-electron chi connectivity index (χ4n) is 2.11. The van der Waals surface area contributed by atoms with E-state index in [4.69, 9.17) is 0 Å². The standard InChI is InChI=1S/C12H25N/c1-11(2,3)9-7-8-10(13-9)12(4,5)6/h9-10,13H,7-8H2,1-6H3. The first-order valence-corrected chi connectivity index (χ1v) is 5.47. The second kappa shape index (κ2) is 3.27. The van der Waals surface area contributed by atoms with Crippen molar-refractivity contribution in [3.05, 3.63) is 0 Å². The van der Waals surface area contributed by atoms with E-state index in [1.807, 2.05) is 0 Å². The van der Waals surface area contributed by atoms with Crippen LogP contribution in [-0.2, 0) is 0 Å². The molecule has 0 aliphatic carbocycles. The molecule has 0 amide bonds. The molecule has 1 aliphatic rings. The molecule has 2 unspecified atom stereocenters. The molecule has 1 nitrogen and oxygen atoms in total. The highest BCUT2D eigenvalue weighted by Crippen LogP contribution is 2.34. The summed E-state index contributed by atoms with van der Waals surface area (Å²) in [4.78, 5) is 0. The molecule has 1 saturated heterocycles. The summed E-state index contributed by atoms with van der Waals surface area (Å²) in [7, 11) is 0. The minimum absolute atomic E-state index is 0.417. The Kier molecular flexibility index (Phi) is 2.78. The molecule has 1 fully saturated rings. The van der Waals surface area contributed by atoms with Crippen LogP contribution < -0.4 is 5.32 Å². The highest BCUT2D eigenvalue weighted by molar-refractivity contribution is 4.95. The Morgan fingerprint density at radius 1 is 0.769 bits per heavy atom. The lowest BCUT2D eigenvalue weighted by Crippen LogP contribution is -2.43. The van der Waals surface area contributed by atoms with Gasteiger partial charge in [-0.05, 0) is 23.7 Å². The monoisotopic (exact) mass is 183 g/mol. The molecule has 0 aromatic heterocycles. The molecule has 1 N–H and O–H groups in total. The van der Waals surface area contributed by atoms with Crippen LogP contribution in [0.4, 0.5) is 0 Å². The Morgan fingerprint density at radius 3 is 1.23 bits per heavy atom.